The lowest BCUT2D eigenvalue weighted by atomic mass is 9.93. The first-order valence-electron chi connectivity index (χ1n) is 10.4. The van der Waals surface area contributed by atoms with E-state index >= 15 is 0 Å². The molecule has 31 heavy (non-hydrogen) atoms. The number of H-pyrrole nitrogens is 1. The molecule has 5 aromatic rings. The Morgan fingerprint density at radius 3 is 2.97 bits per heavy atom. The predicted molar refractivity (Wildman–Crippen MR) is 121 cm³/mol. The summed E-state index contributed by atoms with van der Waals surface area (Å²) in [7, 11) is 0. The molecule has 1 atom stereocenters. The molecule has 0 bridgehead atoms. The molecular weight excluding hydrogens is 386 g/mol. The van der Waals surface area contributed by atoms with Crippen molar-refractivity contribution >= 4 is 16.6 Å². The molecule has 3 aromatic heterocycles. The monoisotopic (exact) mass is 407 g/mol. The number of rotatable bonds is 3. The summed E-state index contributed by atoms with van der Waals surface area (Å²) < 4.78 is 2.03. The van der Waals surface area contributed by atoms with Gasteiger partial charge in [-0.3, -0.25) is 10.1 Å². The van der Waals surface area contributed by atoms with Crippen LogP contribution in [0.3, 0.4) is 0 Å². The van der Waals surface area contributed by atoms with E-state index in [4.69, 9.17) is 0 Å². The molecule has 2 aromatic carbocycles. The summed E-state index contributed by atoms with van der Waals surface area (Å²) in [6, 6.07) is 17.0. The summed E-state index contributed by atoms with van der Waals surface area (Å²) in [5.74, 6) is 0. The van der Waals surface area contributed by atoms with Crippen LogP contribution < -0.4 is 5.32 Å². The van der Waals surface area contributed by atoms with E-state index in [1.54, 1.807) is 0 Å². The highest BCUT2D eigenvalue weighted by atomic mass is 15.4. The number of benzene rings is 2. The molecule has 7 nitrogen and oxygen atoms in total. The average Bonchev–Trinajstić information content (AvgIpc) is 3.43. The van der Waals surface area contributed by atoms with Crippen molar-refractivity contribution < 1.29 is 0 Å². The van der Waals surface area contributed by atoms with Crippen LogP contribution in [0.5, 0.6) is 0 Å². The largest absolute Gasteiger partial charge is 0.378 e. The smallest absolute Gasteiger partial charge is 0.0918 e. The number of anilines is 1. The lowest BCUT2D eigenvalue weighted by Crippen LogP contribution is -2.13. The van der Waals surface area contributed by atoms with Gasteiger partial charge in [0.1, 0.15) is 0 Å². The normalized spacial score (nSPS) is 15.3. The van der Waals surface area contributed by atoms with Gasteiger partial charge in [-0.25, -0.2) is 4.68 Å². The molecule has 1 unspecified atom stereocenters. The fourth-order valence-electron chi connectivity index (χ4n) is 4.52. The highest BCUT2D eigenvalue weighted by Crippen LogP contribution is 2.39. The number of nitrogens with zero attached hydrogens (tertiary/aromatic N) is 5. The van der Waals surface area contributed by atoms with E-state index in [1.807, 2.05) is 42.3 Å². The van der Waals surface area contributed by atoms with Gasteiger partial charge >= 0.3 is 0 Å². The third kappa shape index (κ3) is 2.97. The molecule has 0 amide bonds. The standard InChI is InChI=1S/C24H21N7/c1-15-24-18-8-7-16(17-13-26-27-14-17)12-20(18)23(9-11-31(24)30-29-15)28-22-6-2-5-21-19(22)4-3-10-25-21/h2-8,10,12-14,23,28H,9,11H2,1H3,(H,26,27). The molecule has 0 aliphatic carbocycles. The highest BCUT2D eigenvalue weighted by molar-refractivity contribution is 5.91. The van der Waals surface area contributed by atoms with Gasteiger partial charge in [-0.2, -0.15) is 5.10 Å². The van der Waals surface area contributed by atoms with Crippen molar-refractivity contribution in [1.82, 2.24) is 30.2 Å². The Labute approximate surface area is 179 Å². The van der Waals surface area contributed by atoms with Crippen LogP contribution in [0, 0.1) is 6.92 Å². The number of fused-ring (bicyclic) bond motifs is 4. The van der Waals surface area contributed by atoms with E-state index in [1.165, 1.54) is 11.1 Å². The van der Waals surface area contributed by atoms with Gasteiger partial charge in [0.25, 0.3) is 0 Å². The summed E-state index contributed by atoms with van der Waals surface area (Å²) >= 11 is 0. The van der Waals surface area contributed by atoms with Crippen LogP contribution in [-0.4, -0.2) is 30.2 Å². The fourth-order valence-corrected chi connectivity index (χ4v) is 4.52. The third-order valence-electron chi connectivity index (χ3n) is 6.02. The van der Waals surface area contributed by atoms with Crippen LogP contribution in [0.1, 0.15) is 23.7 Å². The summed E-state index contributed by atoms with van der Waals surface area (Å²) in [4.78, 5) is 4.51. The van der Waals surface area contributed by atoms with Crippen molar-refractivity contribution in [3.8, 4) is 22.4 Å². The lowest BCUT2D eigenvalue weighted by molar-refractivity contribution is 0.539. The number of aromatic amines is 1. The van der Waals surface area contributed by atoms with Crippen molar-refractivity contribution in [2.75, 3.05) is 5.32 Å². The van der Waals surface area contributed by atoms with Crippen LogP contribution in [0.2, 0.25) is 0 Å². The van der Waals surface area contributed by atoms with Crippen molar-refractivity contribution in [1.29, 1.82) is 0 Å². The average molecular weight is 407 g/mol. The Bertz CT molecular complexity index is 1380. The molecule has 4 heterocycles. The van der Waals surface area contributed by atoms with Gasteiger partial charge in [0, 0.05) is 41.1 Å². The second kappa shape index (κ2) is 7.05. The Kier molecular flexibility index (Phi) is 4.06. The van der Waals surface area contributed by atoms with Gasteiger partial charge in [-0.05, 0) is 54.8 Å². The molecule has 0 spiro atoms. The summed E-state index contributed by atoms with van der Waals surface area (Å²) in [5, 5.41) is 20.7. The molecule has 7 heteroatoms. The first kappa shape index (κ1) is 17.8. The Morgan fingerprint density at radius 2 is 2.06 bits per heavy atom. The number of aryl methyl sites for hydroxylation is 2. The molecule has 2 N–H and O–H groups in total. The Morgan fingerprint density at radius 1 is 1.10 bits per heavy atom. The van der Waals surface area contributed by atoms with E-state index < -0.39 is 0 Å². The van der Waals surface area contributed by atoms with Gasteiger partial charge in [-0.1, -0.05) is 23.4 Å². The van der Waals surface area contributed by atoms with Crippen LogP contribution in [0.25, 0.3) is 33.3 Å². The second-order valence-corrected chi connectivity index (χ2v) is 7.90. The molecule has 0 radical (unpaired) electrons. The van der Waals surface area contributed by atoms with Crippen LogP contribution in [-0.2, 0) is 6.54 Å². The second-order valence-electron chi connectivity index (χ2n) is 7.90. The van der Waals surface area contributed by atoms with Crippen LogP contribution >= 0.6 is 0 Å². The summed E-state index contributed by atoms with van der Waals surface area (Å²) in [5.41, 5.74) is 8.74. The summed E-state index contributed by atoms with van der Waals surface area (Å²) in [6.07, 6.45) is 6.51. The minimum atomic E-state index is 0.119. The summed E-state index contributed by atoms with van der Waals surface area (Å²) in [6.45, 7) is 2.82. The zero-order chi connectivity index (χ0) is 20.8. The van der Waals surface area contributed by atoms with E-state index in [0.29, 0.717) is 0 Å². The van der Waals surface area contributed by atoms with E-state index in [0.717, 1.165) is 52.1 Å². The first-order chi connectivity index (χ1) is 15.3. The first-order valence-corrected chi connectivity index (χ1v) is 10.4. The predicted octanol–water partition coefficient (Wildman–Crippen LogP) is 4.75. The van der Waals surface area contributed by atoms with Gasteiger partial charge in [0.2, 0.25) is 0 Å². The third-order valence-corrected chi connectivity index (χ3v) is 6.02. The van der Waals surface area contributed by atoms with Crippen molar-refractivity contribution in [3.63, 3.8) is 0 Å². The van der Waals surface area contributed by atoms with Crippen LogP contribution in [0.4, 0.5) is 5.69 Å². The maximum atomic E-state index is 4.51. The minimum absolute atomic E-state index is 0.119. The van der Waals surface area contributed by atoms with Gasteiger partial charge < -0.3 is 5.32 Å². The lowest BCUT2D eigenvalue weighted by Gasteiger charge is -2.22. The van der Waals surface area contributed by atoms with E-state index in [9.17, 15) is 0 Å². The molecule has 152 valence electrons. The van der Waals surface area contributed by atoms with Crippen LogP contribution in [0.15, 0.2) is 67.1 Å². The van der Waals surface area contributed by atoms with E-state index in [2.05, 4.69) is 67.2 Å². The van der Waals surface area contributed by atoms with Gasteiger partial charge in [-0.15, -0.1) is 5.10 Å². The zero-order valence-electron chi connectivity index (χ0n) is 17.1. The molecule has 1 aliphatic rings. The van der Waals surface area contributed by atoms with Crippen molar-refractivity contribution in [2.24, 2.45) is 0 Å². The minimum Gasteiger partial charge on any atom is -0.378 e. The quantitative estimate of drug-likeness (QED) is 0.451. The molecular formula is C24H21N7. The fraction of sp³-hybridized carbons (Fsp3) is 0.167. The number of aromatic nitrogens is 6. The molecule has 6 rings (SSSR count). The Hall–Kier alpha value is -4.00. The maximum Gasteiger partial charge on any atom is 0.0918 e. The van der Waals surface area contributed by atoms with Crippen molar-refractivity contribution in [2.45, 2.75) is 25.9 Å². The Balaban J connectivity index is 1.50. The molecule has 0 saturated carbocycles. The number of hydrogen-bond donors (Lipinski definition) is 2. The van der Waals surface area contributed by atoms with Gasteiger partial charge in [0.15, 0.2) is 0 Å². The number of nitrogens with one attached hydrogen (secondary N) is 2. The van der Waals surface area contributed by atoms with Crippen molar-refractivity contribution in [3.05, 3.63) is 78.4 Å². The SMILES string of the molecule is Cc1nnn2c1-c1ccc(-c3cn[nH]c3)cc1C(Nc1cccc3ncccc13)CC2. The maximum absolute atomic E-state index is 4.51. The number of hydrogen-bond acceptors (Lipinski definition) is 5. The number of pyridine rings is 1. The molecule has 1 aliphatic heterocycles. The zero-order valence-corrected chi connectivity index (χ0v) is 17.1. The topological polar surface area (TPSA) is 84.3 Å². The molecule has 0 fully saturated rings. The highest BCUT2D eigenvalue weighted by Gasteiger charge is 2.26. The van der Waals surface area contributed by atoms with E-state index in [-0.39, 0.29) is 6.04 Å². The van der Waals surface area contributed by atoms with Gasteiger partial charge in [0.05, 0.1) is 29.1 Å². The molecule has 0 saturated heterocycles.